The minimum atomic E-state index is -0.654. The molecule has 20 heavy (non-hydrogen) atoms. The number of hydrogen-bond donors (Lipinski definition) is 2. The van der Waals surface area contributed by atoms with Crippen LogP contribution in [0.4, 0.5) is 0 Å². The van der Waals surface area contributed by atoms with Crippen molar-refractivity contribution in [3.8, 4) is 0 Å². The van der Waals surface area contributed by atoms with Gasteiger partial charge in [0, 0.05) is 6.54 Å². The largest absolute Gasteiger partial charge is 0.388 e. The van der Waals surface area contributed by atoms with E-state index in [1.165, 1.54) is 5.39 Å². The number of carbonyl (C=O) groups is 1. The summed E-state index contributed by atoms with van der Waals surface area (Å²) in [5.74, 6) is -0.0272. The van der Waals surface area contributed by atoms with E-state index in [1.807, 2.05) is 36.4 Å². The van der Waals surface area contributed by atoms with Gasteiger partial charge in [-0.15, -0.1) is 0 Å². The molecule has 1 saturated carbocycles. The molecule has 0 aliphatic heterocycles. The zero-order chi connectivity index (χ0) is 14.0. The normalized spacial score (nSPS) is 16.6. The molecule has 2 N–H and O–H groups in total. The number of aliphatic hydroxyl groups is 1. The predicted octanol–water partition coefficient (Wildman–Crippen LogP) is 2.41. The molecule has 0 spiro atoms. The standard InChI is InChI=1S/C17H19NO2/c19-16(18-12-17(20)8-3-9-17)11-13-6-7-14-4-1-2-5-15(14)10-13/h1-2,4-7,10,20H,3,8-9,11-12H2,(H,18,19). The Labute approximate surface area is 118 Å². The maximum atomic E-state index is 11.9. The fraction of sp³-hybridized carbons (Fsp3) is 0.353. The average Bonchev–Trinajstić information content (AvgIpc) is 2.43. The van der Waals surface area contributed by atoms with Gasteiger partial charge in [0.15, 0.2) is 0 Å². The Morgan fingerprint density at radius 1 is 1.15 bits per heavy atom. The van der Waals surface area contributed by atoms with E-state index in [1.54, 1.807) is 0 Å². The number of amides is 1. The molecule has 3 heteroatoms. The first-order valence-electron chi connectivity index (χ1n) is 7.11. The van der Waals surface area contributed by atoms with Gasteiger partial charge >= 0.3 is 0 Å². The number of benzene rings is 2. The molecular formula is C17H19NO2. The summed E-state index contributed by atoms with van der Waals surface area (Å²) in [5.41, 5.74) is 0.348. The second kappa shape index (κ2) is 5.25. The molecule has 104 valence electrons. The number of carbonyl (C=O) groups excluding carboxylic acids is 1. The molecule has 1 amide bonds. The first-order chi connectivity index (χ1) is 9.65. The number of rotatable bonds is 4. The van der Waals surface area contributed by atoms with Crippen LogP contribution in [0.5, 0.6) is 0 Å². The second-order valence-electron chi connectivity index (χ2n) is 5.71. The van der Waals surface area contributed by atoms with Crippen molar-refractivity contribution in [3.63, 3.8) is 0 Å². The van der Waals surface area contributed by atoms with Gasteiger partial charge in [-0.2, -0.15) is 0 Å². The van der Waals surface area contributed by atoms with Gasteiger partial charge in [-0.05, 0) is 35.6 Å². The van der Waals surface area contributed by atoms with Gasteiger partial charge in [-0.25, -0.2) is 0 Å². The van der Waals surface area contributed by atoms with Crippen molar-refractivity contribution in [1.82, 2.24) is 5.32 Å². The molecule has 1 fully saturated rings. The summed E-state index contributed by atoms with van der Waals surface area (Å²) < 4.78 is 0. The molecule has 2 aromatic carbocycles. The molecule has 0 saturated heterocycles. The van der Waals surface area contributed by atoms with Crippen LogP contribution >= 0.6 is 0 Å². The lowest BCUT2D eigenvalue weighted by Gasteiger charge is -2.36. The SMILES string of the molecule is O=C(Cc1ccc2ccccc2c1)NCC1(O)CCC1. The van der Waals surface area contributed by atoms with Crippen LogP contribution in [-0.2, 0) is 11.2 Å². The second-order valence-corrected chi connectivity index (χ2v) is 5.71. The number of hydrogen-bond acceptors (Lipinski definition) is 2. The Bertz CT molecular complexity index is 632. The monoisotopic (exact) mass is 269 g/mol. The van der Waals surface area contributed by atoms with Gasteiger partial charge < -0.3 is 10.4 Å². The van der Waals surface area contributed by atoms with Crippen LogP contribution in [-0.4, -0.2) is 23.2 Å². The highest BCUT2D eigenvalue weighted by Crippen LogP contribution is 2.30. The Balaban J connectivity index is 1.62. The molecule has 1 aliphatic rings. The summed E-state index contributed by atoms with van der Waals surface area (Å²) in [6.45, 7) is 0.374. The molecule has 1 aliphatic carbocycles. The van der Waals surface area contributed by atoms with Crippen LogP contribution in [0.25, 0.3) is 10.8 Å². The van der Waals surface area contributed by atoms with Gasteiger partial charge in [0.05, 0.1) is 12.0 Å². The van der Waals surface area contributed by atoms with Gasteiger partial charge in [0.1, 0.15) is 0 Å². The topological polar surface area (TPSA) is 49.3 Å². The first-order valence-corrected chi connectivity index (χ1v) is 7.11. The van der Waals surface area contributed by atoms with E-state index in [0.717, 1.165) is 30.2 Å². The maximum absolute atomic E-state index is 11.9. The van der Waals surface area contributed by atoms with Crippen molar-refractivity contribution >= 4 is 16.7 Å². The predicted molar refractivity (Wildman–Crippen MR) is 79.5 cm³/mol. The summed E-state index contributed by atoms with van der Waals surface area (Å²) in [6, 6.07) is 14.2. The molecule has 3 rings (SSSR count). The zero-order valence-electron chi connectivity index (χ0n) is 11.4. The fourth-order valence-electron chi connectivity index (χ4n) is 2.62. The van der Waals surface area contributed by atoms with Crippen LogP contribution in [0, 0.1) is 0 Å². The number of nitrogens with one attached hydrogen (secondary N) is 1. The highest BCUT2D eigenvalue weighted by molar-refractivity contribution is 5.85. The van der Waals surface area contributed by atoms with E-state index in [9.17, 15) is 9.90 Å². The third-order valence-corrected chi connectivity index (χ3v) is 4.08. The molecule has 0 atom stereocenters. The minimum Gasteiger partial charge on any atom is -0.388 e. The van der Waals surface area contributed by atoms with Crippen LogP contribution in [0.2, 0.25) is 0 Å². The zero-order valence-corrected chi connectivity index (χ0v) is 11.4. The van der Waals surface area contributed by atoms with Gasteiger partial charge in [0.2, 0.25) is 5.91 Å². The van der Waals surface area contributed by atoms with Crippen molar-refractivity contribution in [1.29, 1.82) is 0 Å². The van der Waals surface area contributed by atoms with Crippen molar-refractivity contribution in [2.75, 3.05) is 6.54 Å². The molecule has 0 aromatic heterocycles. The summed E-state index contributed by atoms with van der Waals surface area (Å²) in [5, 5.41) is 15.1. The van der Waals surface area contributed by atoms with Gasteiger partial charge in [-0.1, -0.05) is 42.5 Å². The maximum Gasteiger partial charge on any atom is 0.224 e. The van der Waals surface area contributed by atoms with E-state index in [0.29, 0.717) is 13.0 Å². The molecule has 0 unspecified atom stereocenters. The highest BCUT2D eigenvalue weighted by Gasteiger charge is 2.34. The Morgan fingerprint density at radius 3 is 2.60 bits per heavy atom. The molecule has 3 nitrogen and oxygen atoms in total. The van der Waals surface area contributed by atoms with E-state index in [4.69, 9.17) is 0 Å². The smallest absolute Gasteiger partial charge is 0.224 e. The van der Waals surface area contributed by atoms with Gasteiger partial charge in [0.25, 0.3) is 0 Å². The minimum absolute atomic E-state index is 0.0272. The van der Waals surface area contributed by atoms with Crippen LogP contribution in [0.15, 0.2) is 42.5 Å². The highest BCUT2D eigenvalue weighted by atomic mass is 16.3. The summed E-state index contributed by atoms with van der Waals surface area (Å²) >= 11 is 0. The third-order valence-electron chi connectivity index (χ3n) is 4.08. The lowest BCUT2D eigenvalue weighted by molar-refractivity contribution is -0.122. The Hall–Kier alpha value is -1.87. The molecule has 0 heterocycles. The van der Waals surface area contributed by atoms with Crippen molar-refractivity contribution in [3.05, 3.63) is 48.0 Å². The summed E-state index contributed by atoms with van der Waals surface area (Å²) in [6.07, 6.45) is 3.00. The summed E-state index contributed by atoms with van der Waals surface area (Å²) in [4.78, 5) is 11.9. The van der Waals surface area contributed by atoms with Crippen molar-refractivity contribution < 1.29 is 9.90 Å². The van der Waals surface area contributed by atoms with Gasteiger partial charge in [-0.3, -0.25) is 4.79 Å². The van der Waals surface area contributed by atoms with Crippen LogP contribution in [0.1, 0.15) is 24.8 Å². The lowest BCUT2D eigenvalue weighted by atomic mass is 9.80. The van der Waals surface area contributed by atoms with E-state index < -0.39 is 5.60 Å². The molecule has 0 bridgehead atoms. The average molecular weight is 269 g/mol. The van der Waals surface area contributed by atoms with E-state index in [-0.39, 0.29) is 5.91 Å². The first kappa shape index (κ1) is 13.1. The fourth-order valence-corrected chi connectivity index (χ4v) is 2.62. The number of fused-ring (bicyclic) bond motifs is 1. The van der Waals surface area contributed by atoms with Crippen LogP contribution in [0.3, 0.4) is 0 Å². The Kier molecular flexibility index (Phi) is 3.45. The quantitative estimate of drug-likeness (QED) is 0.895. The van der Waals surface area contributed by atoms with Crippen molar-refractivity contribution in [2.24, 2.45) is 0 Å². The molecule has 2 aromatic rings. The third kappa shape index (κ3) is 2.83. The van der Waals surface area contributed by atoms with Crippen molar-refractivity contribution in [2.45, 2.75) is 31.3 Å². The summed E-state index contributed by atoms with van der Waals surface area (Å²) in [7, 11) is 0. The lowest BCUT2D eigenvalue weighted by Crippen LogP contribution is -2.48. The van der Waals surface area contributed by atoms with Crippen LogP contribution < -0.4 is 5.32 Å². The van der Waals surface area contributed by atoms with E-state index >= 15 is 0 Å². The Morgan fingerprint density at radius 2 is 1.90 bits per heavy atom. The molecular weight excluding hydrogens is 250 g/mol. The molecule has 0 radical (unpaired) electrons. The van der Waals surface area contributed by atoms with E-state index in [2.05, 4.69) is 11.4 Å².